The van der Waals surface area contributed by atoms with Crippen molar-refractivity contribution in [2.75, 3.05) is 6.54 Å². The first-order valence-electron chi connectivity index (χ1n) is 6.63. The van der Waals surface area contributed by atoms with Crippen LogP contribution in [0.15, 0.2) is 42.6 Å². The number of rotatable bonds is 3. The van der Waals surface area contributed by atoms with Crippen LogP contribution in [-0.4, -0.2) is 15.9 Å². The zero-order valence-electron chi connectivity index (χ0n) is 11.3. The van der Waals surface area contributed by atoms with Gasteiger partial charge in [-0.25, -0.2) is 9.37 Å². The molecule has 0 atom stereocenters. The van der Waals surface area contributed by atoms with Crippen molar-refractivity contribution in [3.05, 3.63) is 59.7 Å². The molecule has 2 aromatic heterocycles. The molecule has 0 bridgehead atoms. The fourth-order valence-electron chi connectivity index (χ4n) is 2.40. The van der Waals surface area contributed by atoms with E-state index in [-0.39, 0.29) is 5.82 Å². The molecular formula is C16H16FN3. The number of hydrogen-bond acceptors (Lipinski definition) is 2. The van der Waals surface area contributed by atoms with Crippen LogP contribution in [0.25, 0.3) is 16.9 Å². The second-order valence-electron chi connectivity index (χ2n) is 4.86. The maximum atomic E-state index is 13.9. The fourth-order valence-corrected chi connectivity index (χ4v) is 2.40. The quantitative estimate of drug-likeness (QED) is 0.794. The van der Waals surface area contributed by atoms with Crippen LogP contribution >= 0.6 is 0 Å². The lowest BCUT2D eigenvalue weighted by Gasteiger charge is -2.04. The maximum Gasteiger partial charge on any atom is 0.173 e. The summed E-state index contributed by atoms with van der Waals surface area (Å²) in [6.45, 7) is 2.54. The van der Waals surface area contributed by atoms with Gasteiger partial charge in [-0.2, -0.15) is 0 Å². The van der Waals surface area contributed by atoms with Gasteiger partial charge in [-0.15, -0.1) is 0 Å². The Morgan fingerprint density at radius 3 is 2.65 bits per heavy atom. The van der Waals surface area contributed by atoms with Crippen LogP contribution in [0.4, 0.5) is 4.39 Å². The Labute approximate surface area is 116 Å². The van der Waals surface area contributed by atoms with Crippen LogP contribution in [0, 0.1) is 12.7 Å². The number of halogens is 1. The number of fused-ring (bicyclic) bond motifs is 1. The van der Waals surface area contributed by atoms with Crippen molar-refractivity contribution in [3.8, 4) is 11.3 Å². The van der Waals surface area contributed by atoms with Gasteiger partial charge in [-0.3, -0.25) is 0 Å². The molecule has 0 saturated carbocycles. The van der Waals surface area contributed by atoms with Gasteiger partial charge in [0.1, 0.15) is 0 Å². The van der Waals surface area contributed by atoms with Crippen LogP contribution in [0.3, 0.4) is 0 Å². The molecule has 0 aliphatic heterocycles. The molecule has 4 heteroatoms. The van der Waals surface area contributed by atoms with Gasteiger partial charge in [-0.1, -0.05) is 29.8 Å². The minimum absolute atomic E-state index is 0.316. The van der Waals surface area contributed by atoms with E-state index in [1.807, 2.05) is 37.4 Å². The molecule has 0 unspecified atom stereocenters. The first-order valence-corrected chi connectivity index (χ1v) is 6.63. The summed E-state index contributed by atoms with van der Waals surface area (Å²) >= 11 is 0. The van der Waals surface area contributed by atoms with Gasteiger partial charge < -0.3 is 10.1 Å². The molecule has 3 aromatic rings. The van der Waals surface area contributed by atoms with Crippen LogP contribution in [0.2, 0.25) is 0 Å². The van der Waals surface area contributed by atoms with Crippen molar-refractivity contribution in [2.45, 2.75) is 13.3 Å². The summed E-state index contributed by atoms with van der Waals surface area (Å²) in [6.07, 6.45) is 2.49. The van der Waals surface area contributed by atoms with Crippen molar-refractivity contribution in [1.82, 2.24) is 9.38 Å². The van der Waals surface area contributed by atoms with E-state index in [4.69, 9.17) is 5.73 Å². The lowest BCUT2D eigenvalue weighted by molar-refractivity contribution is 0.629. The number of nitrogens with zero attached hydrogens (tertiary/aromatic N) is 2. The zero-order valence-corrected chi connectivity index (χ0v) is 11.3. The van der Waals surface area contributed by atoms with E-state index in [0.29, 0.717) is 18.6 Å². The van der Waals surface area contributed by atoms with Gasteiger partial charge in [0.2, 0.25) is 0 Å². The second-order valence-corrected chi connectivity index (χ2v) is 4.86. The molecule has 0 saturated heterocycles. The van der Waals surface area contributed by atoms with Crippen LogP contribution < -0.4 is 5.73 Å². The molecule has 2 N–H and O–H groups in total. The minimum atomic E-state index is -0.316. The second kappa shape index (κ2) is 5.06. The summed E-state index contributed by atoms with van der Waals surface area (Å²) in [5.41, 5.74) is 9.97. The smallest absolute Gasteiger partial charge is 0.173 e. The van der Waals surface area contributed by atoms with Gasteiger partial charge in [0.25, 0.3) is 0 Å². The largest absolute Gasteiger partial charge is 0.330 e. The van der Waals surface area contributed by atoms with Gasteiger partial charge in [0.15, 0.2) is 11.5 Å². The Morgan fingerprint density at radius 2 is 1.95 bits per heavy atom. The van der Waals surface area contributed by atoms with E-state index in [0.717, 1.165) is 17.0 Å². The number of pyridine rings is 1. The number of imidazole rings is 1. The SMILES string of the molecule is Cc1ccc(-c2nc3c(F)cccn3c2CCN)cc1. The molecule has 0 aliphatic carbocycles. The molecule has 102 valence electrons. The van der Waals surface area contributed by atoms with Crippen molar-refractivity contribution in [2.24, 2.45) is 5.73 Å². The van der Waals surface area contributed by atoms with E-state index in [1.54, 1.807) is 10.5 Å². The van der Waals surface area contributed by atoms with Crippen molar-refractivity contribution in [1.29, 1.82) is 0 Å². The molecule has 0 fully saturated rings. The monoisotopic (exact) mass is 269 g/mol. The molecule has 3 nitrogen and oxygen atoms in total. The lowest BCUT2D eigenvalue weighted by atomic mass is 10.1. The number of benzene rings is 1. The Kier molecular flexibility index (Phi) is 3.24. The lowest BCUT2D eigenvalue weighted by Crippen LogP contribution is -2.06. The topological polar surface area (TPSA) is 43.3 Å². The van der Waals surface area contributed by atoms with E-state index in [9.17, 15) is 4.39 Å². The predicted molar refractivity (Wildman–Crippen MR) is 78.1 cm³/mol. The Morgan fingerprint density at radius 1 is 1.20 bits per heavy atom. The molecule has 1 aromatic carbocycles. The predicted octanol–water partition coefficient (Wildman–Crippen LogP) is 2.95. The third-order valence-electron chi connectivity index (χ3n) is 3.41. The standard InChI is InChI=1S/C16H16FN3/c1-11-4-6-12(7-5-11)15-14(8-9-18)20-10-2-3-13(17)16(20)19-15/h2-7,10H,8-9,18H2,1H3. The average Bonchev–Trinajstić information content (AvgIpc) is 2.81. The number of nitrogens with two attached hydrogens (primary N) is 1. The van der Waals surface area contributed by atoms with E-state index in [1.165, 1.54) is 11.6 Å². The number of aryl methyl sites for hydroxylation is 1. The Hall–Kier alpha value is -2.20. The number of hydrogen-bond donors (Lipinski definition) is 1. The summed E-state index contributed by atoms with van der Waals surface area (Å²) in [4.78, 5) is 4.46. The van der Waals surface area contributed by atoms with Gasteiger partial charge in [-0.05, 0) is 25.6 Å². The average molecular weight is 269 g/mol. The molecule has 0 spiro atoms. The van der Waals surface area contributed by atoms with Crippen LogP contribution in [0.1, 0.15) is 11.3 Å². The van der Waals surface area contributed by atoms with Crippen molar-refractivity contribution in [3.63, 3.8) is 0 Å². The van der Waals surface area contributed by atoms with E-state index in [2.05, 4.69) is 4.98 Å². The van der Waals surface area contributed by atoms with Crippen molar-refractivity contribution >= 4 is 5.65 Å². The first-order chi connectivity index (χ1) is 9.70. The van der Waals surface area contributed by atoms with Crippen LogP contribution in [-0.2, 0) is 6.42 Å². The van der Waals surface area contributed by atoms with Crippen LogP contribution in [0.5, 0.6) is 0 Å². The molecule has 2 heterocycles. The summed E-state index contributed by atoms with van der Waals surface area (Å²) in [5.74, 6) is -0.316. The van der Waals surface area contributed by atoms with Gasteiger partial charge in [0, 0.05) is 18.2 Å². The first kappa shape index (κ1) is 12.8. The molecule has 20 heavy (non-hydrogen) atoms. The third-order valence-corrected chi connectivity index (χ3v) is 3.41. The molecule has 3 rings (SSSR count). The maximum absolute atomic E-state index is 13.9. The normalized spacial score (nSPS) is 11.2. The highest BCUT2D eigenvalue weighted by Gasteiger charge is 2.15. The zero-order chi connectivity index (χ0) is 14.1. The highest BCUT2D eigenvalue weighted by atomic mass is 19.1. The van der Waals surface area contributed by atoms with E-state index < -0.39 is 0 Å². The van der Waals surface area contributed by atoms with Crippen molar-refractivity contribution < 1.29 is 4.39 Å². The molecule has 0 radical (unpaired) electrons. The summed E-state index contributed by atoms with van der Waals surface area (Å²) in [7, 11) is 0. The molecular weight excluding hydrogens is 253 g/mol. The minimum Gasteiger partial charge on any atom is -0.330 e. The summed E-state index contributed by atoms with van der Waals surface area (Å²) < 4.78 is 15.7. The van der Waals surface area contributed by atoms with Gasteiger partial charge >= 0.3 is 0 Å². The van der Waals surface area contributed by atoms with Gasteiger partial charge in [0.05, 0.1) is 11.4 Å². The fraction of sp³-hybridized carbons (Fsp3) is 0.188. The Bertz CT molecular complexity index is 744. The highest BCUT2D eigenvalue weighted by molar-refractivity contribution is 5.67. The van der Waals surface area contributed by atoms with E-state index >= 15 is 0 Å². The third kappa shape index (κ3) is 2.08. The Balaban J connectivity index is 2.26. The summed E-state index contributed by atoms with van der Waals surface area (Å²) in [5, 5.41) is 0. The highest BCUT2D eigenvalue weighted by Crippen LogP contribution is 2.26. The summed E-state index contributed by atoms with van der Waals surface area (Å²) in [6, 6.07) is 11.2. The molecule has 0 amide bonds. The molecule has 0 aliphatic rings. The number of aromatic nitrogens is 2.